The van der Waals surface area contributed by atoms with Crippen LogP contribution >= 0.6 is 0 Å². The molecule has 92 valence electrons. The fourth-order valence-corrected chi connectivity index (χ4v) is 3.57. The third-order valence-electron chi connectivity index (χ3n) is 4.60. The molecule has 3 nitrogen and oxygen atoms in total. The standard InChI is InChI=1S/C13H23NO2/c1-9-7-14(8-10(9)12(15)16)11-5-4-6-13(11,2)3/h9-11H,4-8H2,1-3H3,(H,15,16)/t9-,10-,11?/m1/s1. The van der Waals surface area contributed by atoms with Gasteiger partial charge in [0.1, 0.15) is 0 Å². The minimum absolute atomic E-state index is 0.156. The Kier molecular flexibility index (Phi) is 2.99. The number of rotatable bonds is 2. The predicted octanol–water partition coefficient (Wildman–Crippen LogP) is 2.22. The van der Waals surface area contributed by atoms with E-state index in [0.717, 1.165) is 13.1 Å². The normalized spacial score (nSPS) is 39.1. The first-order valence-electron chi connectivity index (χ1n) is 6.38. The molecule has 2 rings (SSSR count). The highest BCUT2D eigenvalue weighted by Gasteiger charge is 2.44. The van der Waals surface area contributed by atoms with E-state index < -0.39 is 5.97 Å². The van der Waals surface area contributed by atoms with Gasteiger partial charge in [-0.2, -0.15) is 0 Å². The van der Waals surface area contributed by atoms with Gasteiger partial charge in [0.05, 0.1) is 5.92 Å². The Balaban J connectivity index is 2.05. The largest absolute Gasteiger partial charge is 0.481 e. The van der Waals surface area contributed by atoms with E-state index in [-0.39, 0.29) is 5.92 Å². The van der Waals surface area contributed by atoms with Crippen LogP contribution in [0.4, 0.5) is 0 Å². The van der Waals surface area contributed by atoms with Crippen molar-refractivity contribution >= 4 is 5.97 Å². The average molecular weight is 225 g/mol. The van der Waals surface area contributed by atoms with E-state index in [4.69, 9.17) is 5.11 Å². The Bertz CT molecular complexity index is 288. The number of hydrogen-bond acceptors (Lipinski definition) is 2. The fourth-order valence-electron chi connectivity index (χ4n) is 3.57. The maximum Gasteiger partial charge on any atom is 0.308 e. The lowest BCUT2D eigenvalue weighted by Crippen LogP contribution is -2.41. The lowest BCUT2D eigenvalue weighted by Gasteiger charge is -2.35. The van der Waals surface area contributed by atoms with E-state index in [0.29, 0.717) is 17.4 Å². The Labute approximate surface area is 97.8 Å². The van der Waals surface area contributed by atoms with E-state index >= 15 is 0 Å². The van der Waals surface area contributed by atoms with Crippen molar-refractivity contribution in [3.05, 3.63) is 0 Å². The molecule has 2 fully saturated rings. The Morgan fingerprint density at radius 1 is 1.38 bits per heavy atom. The molecule has 1 aliphatic heterocycles. The first kappa shape index (κ1) is 11.9. The minimum Gasteiger partial charge on any atom is -0.481 e. The number of likely N-dealkylation sites (tertiary alicyclic amines) is 1. The molecule has 0 radical (unpaired) electrons. The van der Waals surface area contributed by atoms with E-state index in [1.54, 1.807) is 0 Å². The molecular formula is C13H23NO2. The second-order valence-corrected chi connectivity index (χ2v) is 6.27. The second kappa shape index (κ2) is 4.02. The topological polar surface area (TPSA) is 40.5 Å². The molecule has 2 aliphatic rings. The van der Waals surface area contributed by atoms with E-state index in [1.807, 2.05) is 0 Å². The third kappa shape index (κ3) is 1.97. The number of hydrogen-bond donors (Lipinski definition) is 1. The van der Waals surface area contributed by atoms with Crippen molar-refractivity contribution < 1.29 is 9.90 Å². The van der Waals surface area contributed by atoms with Gasteiger partial charge in [0.2, 0.25) is 0 Å². The Morgan fingerprint density at radius 2 is 2.06 bits per heavy atom. The van der Waals surface area contributed by atoms with Crippen molar-refractivity contribution in [2.45, 2.75) is 46.1 Å². The summed E-state index contributed by atoms with van der Waals surface area (Å²) in [4.78, 5) is 13.5. The summed E-state index contributed by atoms with van der Waals surface area (Å²) in [5.74, 6) is -0.476. The first-order valence-corrected chi connectivity index (χ1v) is 6.38. The van der Waals surface area contributed by atoms with Gasteiger partial charge in [-0.15, -0.1) is 0 Å². The minimum atomic E-state index is -0.620. The molecule has 0 aromatic carbocycles. The van der Waals surface area contributed by atoms with Crippen LogP contribution in [0.2, 0.25) is 0 Å². The molecule has 0 amide bonds. The summed E-state index contributed by atoms with van der Waals surface area (Å²) in [6.07, 6.45) is 3.81. The summed E-state index contributed by atoms with van der Waals surface area (Å²) in [6.45, 7) is 8.43. The van der Waals surface area contributed by atoms with Crippen LogP contribution in [0.1, 0.15) is 40.0 Å². The SMILES string of the molecule is C[C@@H]1CN(C2CCCC2(C)C)C[C@H]1C(=O)O. The summed E-state index contributed by atoms with van der Waals surface area (Å²) in [5, 5.41) is 9.15. The molecule has 0 spiro atoms. The molecule has 1 saturated heterocycles. The van der Waals surface area contributed by atoms with E-state index in [2.05, 4.69) is 25.7 Å². The van der Waals surface area contributed by atoms with Gasteiger partial charge in [-0.05, 0) is 24.2 Å². The van der Waals surface area contributed by atoms with Gasteiger partial charge in [-0.3, -0.25) is 9.69 Å². The van der Waals surface area contributed by atoms with Crippen molar-refractivity contribution in [3.63, 3.8) is 0 Å². The van der Waals surface area contributed by atoms with Gasteiger partial charge >= 0.3 is 5.97 Å². The molecule has 3 heteroatoms. The van der Waals surface area contributed by atoms with E-state index in [9.17, 15) is 4.79 Å². The van der Waals surface area contributed by atoms with Crippen LogP contribution in [-0.4, -0.2) is 35.1 Å². The molecule has 1 saturated carbocycles. The average Bonchev–Trinajstić information content (AvgIpc) is 2.68. The summed E-state index contributed by atoms with van der Waals surface area (Å²) in [7, 11) is 0. The monoisotopic (exact) mass is 225 g/mol. The quantitative estimate of drug-likeness (QED) is 0.783. The van der Waals surface area contributed by atoms with Gasteiger partial charge in [-0.1, -0.05) is 27.2 Å². The van der Waals surface area contributed by atoms with Crippen molar-refractivity contribution in [2.75, 3.05) is 13.1 Å². The highest BCUT2D eigenvalue weighted by molar-refractivity contribution is 5.71. The van der Waals surface area contributed by atoms with Crippen LogP contribution in [0.25, 0.3) is 0 Å². The smallest absolute Gasteiger partial charge is 0.308 e. The van der Waals surface area contributed by atoms with Crippen molar-refractivity contribution in [1.82, 2.24) is 4.90 Å². The zero-order valence-corrected chi connectivity index (χ0v) is 10.6. The Morgan fingerprint density at radius 3 is 2.50 bits per heavy atom. The van der Waals surface area contributed by atoms with Crippen molar-refractivity contribution in [1.29, 1.82) is 0 Å². The molecule has 0 bridgehead atoms. The second-order valence-electron chi connectivity index (χ2n) is 6.27. The molecule has 1 heterocycles. The van der Waals surface area contributed by atoms with Gasteiger partial charge < -0.3 is 5.11 Å². The van der Waals surface area contributed by atoms with Crippen molar-refractivity contribution in [3.8, 4) is 0 Å². The number of carboxylic acid groups (broad SMARTS) is 1. The fraction of sp³-hybridized carbons (Fsp3) is 0.923. The van der Waals surface area contributed by atoms with Crippen molar-refractivity contribution in [2.24, 2.45) is 17.3 Å². The molecule has 0 aromatic heterocycles. The zero-order chi connectivity index (χ0) is 11.9. The van der Waals surface area contributed by atoms with Crippen LogP contribution < -0.4 is 0 Å². The van der Waals surface area contributed by atoms with Gasteiger partial charge in [0.15, 0.2) is 0 Å². The van der Waals surface area contributed by atoms with Crippen LogP contribution in [-0.2, 0) is 4.79 Å². The number of nitrogens with zero attached hydrogens (tertiary/aromatic N) is 1. The number of carbonyl (C=O) groups is 1. The molecule has 1 N–H and O–H groups in total. The summed E-state index contributed by atoms with van der Waals surface area (Å²) < 4.78 is 0. The molecule has 3 atom stereocenters. The highest BCUT2D eigenvalue weighted by atomic mass is 16.4. The molecule has 1 unspecified atom stereocenters. The predicted molar refractivity (Wildman–Crippen MR) is 63.3 cm³/mol. The van der Waals surface area contributed by atoms with Gasteiger partial charge in [-0.25, -0.2) is 0 Å². The van der Waals surface area contributed by atoms with Crippen LogP contribution in [0.3, 0.4) is 0 Å². The van der Waals surface area contributed by atoms with Crippen LogP contribution in [0.5, 0.6) is 0 Å². The number of carboxylic acids is 1. The van der Waals surface area contributed by atoms with Crippen LogP contribution in [0.15, 0.2) is 0 Å². The van der Waals surface area contributed by atoms with Crippen LogP contribution in [0, 0.1) is 17.3 Å². The summed E-state index contributed by atoms with van der Waals surface area (Å²) in [6, 6.07) is 0.597. The maximum absolute atomic E-state index is 11.1. The lowest BCUT2D eigenvalue weighted by molar-refractivity contribution is -0.142. The highest BCUT2D eigenvalue weighted by Crippen LogP contribution is 2.42. The molecular weight excluding hydrogens is 202 g/mol. The summed E-state index contributed by atoms with van der Waals surface area (Å²) >= 11 is 0. The molecule has 1 aliphatic carbocycles. The first-order chi connectivity index (χ1) is 7.42. The molecule has 0 aromatic rings. The maximum atomic E-state index is 11.1. The zero-order valence-electron chi connectivity index (χ0n) is 10.6. The van der Waals surface area contributed by atoms with E-state index in [1.165, 1.54) is 19.3 Å². The van der Waals surface area contributed by atoms with Gasteiger partial charge in [0.25, 0.3) is 0 Å². The number of aliphatic carboxylic acids is 1. The third-order valence-corrected chi connectivity index (χ3v) is 4.60. The molecule has 16 heavy (non-hydrogen) atoms. The van der Waals surface area contributed by atoms with Gasteiger partial charge in [0, 0.05) is 19.1 Å². The lowest BCUT2D eigenvalue weighted by atomic mass is 9.86. The Hall–Kier alpha value is -0.570. The summed E-state index contributed by atoms with van der Waals surface area (Å²) in [5.41, 5.74) is 0.368.